The summed E-state index contributed by atoms with van der Waals surface area (Å²) in [5, 5.41) is 14.3. The van der Waals surface area contributed by atoms with Crippen molar-refractivity contribution in [2.24, 2.45) is 0 Å². The third-order valence-electron chi connectivity index (χ3n) is 8.05. The SMILES string of the molecule is C=CCOc1cc2c(cc1OC)CCc1cc(-c3ccccc3F)c(C(=O)N[C@@H](CO)Cc3c[nH]c4ccccc34)cc1-2. The van der Waals surface area contributed by atoms with Gasteiger partial charge in [-0.15, -0.1) is 0 Å². The van der Waals surface area contributed by atoms with Crippen molar-refractivity contribution in [3.8, 4) is 33.8 Å². The molecule has 1 atom stereocenters. The van der Waals surface area contributed by atoms with Crippen molar-refractivity contribution in [3.05, 3.63) is 120 Å². The van der Waals surface area contributed by atoms with E-state index in [0.717, 1.165) is 51.6 Å². The molecule has 0 radical (unpaired) electrons. The van der Waals surface area contributed by atoms with Crippen LogP contribution in [0.4, 0.5) is 4.39 Å². The maximum absolute atomic E-state index is 15.2. The molecule has 1 aliphatic carbocycles. The fraction of sp³-hybridized carbons (Fsp3) is 0.194. The second kappa shape index (κ2) is 12.2. The summed E-state index contributed by atoms with van der Waals surface area (Å²) < 4.78 is 26.6. The van der Waals surface area contributed by atoms with Crippen LogP contribution in [0.25, 0.3) is 33.2 Å². The van der Waals surface area contributed by atoms with E-state index in [1.165, 1.54) is 6.07 Å². The van der Waals surface area contributed by atoms with E-state index in [1.807, 2.05) is 54.7 Å². The van der Waals surface area contributed by atoms with Gasteiger partial charge in [0.25, 0.3) is 5.91 Å². The summed E-state index contributed by atoms with van der Waals surface area (Å²) >= 11 is 0. The van der Waals surface area contributed by atoms with Crippen molar-refractivity contribution in [3.63, 3.8) is 0 Å². The highest BCUT2D eigenvalue weighted by molar-refractivity contribution is 6.03. The molecule has 3 N–H and O–H groups in total. The summed E-state index contributed by atoms with van der Waals surface area (Å²) in [6.07, 6.45) is 5.49. The number of methoxy groups -OCH3 is 1. The maximum atomic E-state index is 15.2. The number of aromatic amines is 1. The van der Waals surface area contributed by atoms with Crippen molar-refractivity contribution in [2.45, 2.75) is 25.3 Å². The number of halogens is 1. The van der Waals surface area contributed by atoms with E-state index in [0.29, 0.717) is 41.2 Å². The van der Waals surface area contributed by atoms with Crippen LogP contribution in [0.1, 0.15) is 27.0 Å². The minimum Gasteiger partial charge on any atom is -0.493 e. The standard InChI is InChI=1S/C36H33FN2O4/c1-3-14-43-35-19-29-23(17-34(35)42-2)13-12-22-16-30(27-9-4-6-10-32(27)37)31(18-28(22)29)36(41)39-25(21-40)15-24-20-38-33-11-7-5-8-26(24)33/h3-11,16-20,25,38,40H,1,12-15,21H2,2H3,(H,39,41)/t25-/m1/s1. The third-order valence-corrected chi connectivity index (χ3v) is 8.05. The highest BCUT2D eigenvalue weighted by atomic mass is 19.1. The largest absolute Gasteiger partial charge is 0.493 e. The number of hydrogen-bond donors (Lipinski definition) is 3. The number of aliphatic hydroxyl groups excluding tert-OH is 1. The molecule has 6 nitrogen and oxygen atoms in total. The summed E-state index contributed by atoms with van der Waals surface area (Å²) in [6.45, 7) is 3.81. The van der Waals surface area contributed by atoms with Gasteiger partial charge in [0, 0.05) is 28.2 Å². The lowest BCUT2D eigenvalue weighted by Gasteiger charge is -2.25. The van der Waals surface area contributed by atoms with E-state index >= 15 is 4.39 Å². The van der Waals surface area contributed by atoms with Gasteiger partial charge in [0.05, 0.1) is 19.8 Å². The predicted octanol–water partition coefficient (Wildman–Crippen LogP) is 6.65. The zero-order valence-corrected chi connectivity index (χ0v) is 24.0. The van der Waals surface area contributed by atoms with Crippen LogP contribution in [0, 0.1) is 5.82 Å². The van der Waals surface area contributed by atoms with Gasteiger partial charge in [0.15, 0.2) is 11.5 Å². The molecule has 1 aliphatic rings. The third kappa shape index (κ3) is 5.51. The number of fused-ring (bicyclic) bond motifs is 4. The molecule has 4 aromatic carbocycles. The fourth-order valence-electron chi connectivity index (χ4n) is 5.93. The summed E-state index contributed by atoms with van der Waals surface area (Å²) in [5.74, 6) is 0.420. The minimum atomic E-state index is -0.549. The summed E-state index contributed by atoms with van der Waals surface area (Å²) in [4.78, 5) is 17.3. The van der Waals surface area contributed by atoms with Crippen LogP contribution in [0.15, 0.2) is 91.6 Å². The number of carbonyl (C=O) groups excluding carboxylic acids is 1. The van der Waals surface area contributed by atoms with E-state index in [-0.39, 0.29) is 12.5 Å². The Labute approximate surface area is 249 Å². The lowest BCUT2D eigenvalue weighted by Crippen LogP contribution is -2.39. The van der Waals surface area contributed by atoms with Crippen LogP contribution in [-0.2, 0) is 19.3 Å². The first kappa shape index (κ1) is 28.2. The number of hydrogen-bond acceptors (Lipinski definition) is 4. The average molecular weight is 577 g/mol. The van der Waals surface area contributed by atoms with Crippen LogP contribution in [0.2, 0.25) is 0 Å². The van der Waals surface area contributed by atoms with Gasteiger partial charge in [0.2, 0.25) is 0 Å². The highest BCUT2D eigenvalue weighted by Crippen LogP contribution is 2.43. The van der Waals surface area contributed by atoms with Gasteiger partial charge < -0.3 is 24.9 Å². The van der Waals surface area contributed by atoms with E-state index < -0.39 is 11.9 Å². The highest BCUT2D eigenvalue weighted by Gasteiger charge is 2.26. The van der Waals surface area contributed by atoms with Crippen molar-refractivity contribution in [1.82, 2.24) is 10.3 Å². The summed E-state index contributed by atoms with van der Waals surface area (Å²) in [7, 11) is 1.61. The molecular formula is C36H33FN2O4. The van der Waals surface area contributed by atoms with Gasteiger partial charge in [-0.3, -0.25) is 4.79 Å². The predicted molar refractivity (Wildman–Crippen MR) is 167 cm³/mol. The van der Waals surface area contributed by atoms with Crippen molar-refractivity contribution < 1.29 is 23.8 Å². The number of aryl methyl sites for hydroxylation is 2. The lowest BCUT2D eigenvalue weighted by molar-refractivity contribution is 0.0917. The normalized spacial score (nSPS) is 12.7. The number of rotatable bonds is 10. The number of ether oxygens (including phenoxy) is 2. The van der Waals surface area contributed by atoms with Crippen LogP contribution < -0.4 is 14.8 Å². The fourth-order valence-corrected chi connectivity index (χ4v) is 5.93. The van der Waals surface area contributed by atoms with E-state index in [1.54, 1.807) is 31.4 Å². The molecule has 0 aliphatic heterocycles. The molecular weight excluding hydrogens is 543 g/mol. The molecule has 7 heteroatoms. The summed E-state index contributed by atoms with van der Waals surface area (Å²) in [6, 6.07) is 21.5. The molecule has 0 spiro atoms. The molecule has 218 valence electrons. The topological polar surface area (TPSA) is 83.6 Å². The molecule has 0 saturated heterocycles. The first-order chi connectivity index (χ1) is 21.0. The first-order valence-corrected chi connectivity index (χ1v) is 14.3. The summed E-state index contributed by atoms with van der Waals surface area (Å²) in [5.41, 5.74) is 7.09. The maximum Gasteiger partial charge on any atom is 0.252 e. The van der Waals surface area contributed by atoms with Gasteiger partial charge in [-0.1, -0.05) is 49.1 Å². The molecule has 1 amide bonds. The average Bonchev–Trinajstić information content (AvgIpc) is 3.45. The molecule has 5 aromatic rings. The number of benzene rings is 4. The number of aromatic nitrogens is 1. The molecule has 6 rings (SSSR count). The number of para-hydroxylation sites is 1. The Morgan fingerprint density at radius 2 is 1.74 bits per heavy atom. The second-order valence-electron chi connectivity index (χ2n) is 10.7. The van der Waals surface area contributed by atoms with E-state index in [4.69, 9.17) is 9.47 Å². The van der Waals surface area contributed by atoms with Gasteiger partial charge in [-0.05, 0) is 89.0 Å². The minimum absolute atomic E-state index is 0.252. The quantitative estimate of drug-likeness (QED) is 0.163. The van der Waals surface area contributed by atoms with Gasteiger partial charge in [-0.25, -0.2) is 4.39 Å². The van der Waals surface area contributed by atoms with Gasteiger partial charge in [0.1, 0.15) is 12.4 Å². The molecule has 0 saturated carbocycles. The van der Waals surface area contributed by atoms with Crippen LogP contribution in [0.3, 0.4) is 0 Å². The number of amides is 1. The van der Waals surface area contributed by atoms with Gasteiger partial charge in [-0.2, -0.15) is 0 Å². The van der Waals surface area contributed by atoms with Crippen LogP contribution in [0.5, 0.6) is 11.5 Å². The Kier molecular flexibility index (Phi) is 7.99. The Hall–Kier alpha value is -4.88. The molecule has 43 heavy (non-hydrogen) atoms. The van der Waals surface area contributed by atoms with E-state index in [9.17, 15) is 9.90 Å². The number of nitrogens with one attached hydrogen (secondary N) is 2. The number of carbonyl (C=O) groups is 1. The number of aliphatic hydroxyl groups is 1. The Balaban J connectivity index is 1.42. The Bertz CT molecular complexity index is 1830. The van der Waals surface area contributed by atoms with Crippen molar-refractivity contribution in [2.75, 3.05) is 20.3 Å². The van der Waals surface area contributed by atoms with Crippen molar-refractivity contribution >= 4 is 16.8 Å². The van der Waals surface area contributed by atoms with Crippen LogP contribution >= 0.6 is 0 Å². The second-order valence-corrected chi connectivity index (χ2v) is 10.7. The zero-order valence-electron chi connectivity index (χ0n) is 24.0. The smallest absolute Gasteiger partial charge is 0.252 e. The molecule has 0 unspecified atom stereocenters. The Morgan fingerprint density at radius 1 is 1.00 bits per heavy atom. The van der Waals surface area contributed by atoms with Crippen LogP contribution in [-0.4, -0.2) is 42.4 Å². The monoisotopic (exact) mass is 576 g/mol. The van der Waals surface area contributed by atoms with E-state index in [2.05, 4.69) is 16.9 Å². The van der Waals surface area contributed by atoms with Gasteiger partial charge >= 0.3 is 0 Å². The Morgan fingerprint density at radius 3 is 2.51 bits per heavy atom. The lowest BCUT2D eigenvalue weighted by atomic mass is 9.82. The van der Waals surface area contributed by atoms with Crippen molar-refractivity contribution in [1.29, 1.82) is 0 Å². The zero-order chi connectivity index (χ0) is 29.9. The molecule has 1 heterocycles. The number of H-pyrrole nitrogens is 1. The molecule has 1 aromatic heterocycles. The molecule has 0 bridgehead atoms. The first-order valence-electron chi connectivity index (χ1n) is 14.3. The molecule has 0 fully saturated rings.